The largest absolute Gasteiger partial charge is 0.325 e. The van der Waals surface area contributed by atoms with Crippen LogP contribution in [-0.2, 0) is 14.4 Å². The van der Waals surface area contributed by atoms with Gasteiger partial charge in [-0.1, -0.05) is 23.2 Å². The Kier molecular flexibility index (Phi) is 6.20. The van der Waals surface area contributed by atoms with Crippen molar-refractivity contribution in [1.82, 2.24) is 0 Å². The number of allylic oxidation sites excluding steroid dienone is 4. The fraction of sp³-hybridized carbons (Fsp3) is 0.316. The topological polar surface area (TPSA) is 63.2 Å². The summed E-state index contributed by atoms with van der Waals surface area (Å²) in [7, 11) is 0. The molecule has 132 valence electrons. The Hall–Kier alpha value is -1.91. The average Bonchev–Trinajstić information content (AvgIpc) is 2.57. The maximum Gasteiger partial charge on any atom is 0.224 e. The molecule has 0 unspecified atom stereocenters. The maximum atomic E-state index is 12.3. The lowest BCUT2D eigenvalue weighted by atomic mass is 9.84. The van der Waals surface area contributed by atoms with E-state index in [0.717, 1.165) is 0 Å². The van der Waals surface area contributed by atoms with Crippen molar-refractivity contribution in [2.24, 2.45) is 0 Å². The number of hydrogen-bond donors (Lipinski definition) is 1. The van der Waals surface area contributed by atoms with Crippen molar-refractivity contribution in [1.29, 1.82) is 0 Å². The van der Waals surface area contributed by atoms with Crippen LogP contribution in [0.25, 0.3) is 0 Å². The third-order valence-electron chi connectivity index (χ3n) is 4.34. The molecule has 2 rings (SSSR count). The van der Waals surface area contributed by atoms with Crippen LogP contribution in [0.2, 0.25) is 10.0 Å². The Morgan fingerprint density at radius 1 is 1.00 bits per heavy atom. The third kappa shape index (κ3) is 4.39. The Morgan fingerprint density at radius 2 is 1.64 bits per heavy atom. The van der Waals surface area contributed by atoms with Gasteiger partial charge in [-0.2, -0.15) is 0 Å². The first-order valence-corrected chi connectivity index (χ1v) is 8.69. The molecule has 6 heteroatoms. The van der Waals surface area contributed by atoms with Gasteiger partial charge in [0.05, 0.1) is 10.7 Å². The number of halogens is 2. The van der Waals surface area contributed by atoms with Crippen LogP contribution in [0.15, 0.2) is 40.5 Å². The zero-order chi connectivity index (χ0) is 18.7. The van der Waals surface area contributed by atoms with Gasteiger partial charge in [-0.05, 0) is 51.8 Å². The van der Waals surface area contributed by atoms with E-state index in [1.165, 1.54) is 0 Å². The van der Waals surface area contributed by atoms with Gasteiger partial charge >= 0.3 is 0 Å². The highest BCUT2D eigenvalue weighted by Gasteiger charge is 2.27. The second-order valence-electron chi connectivity index (χ2n) is 6.04. The number of anilines is 1. The molecule has 25 heavy (non-hydrogen) atoms. The second kappa shape index (κ2) is 7.98. The predicted octanol–water partition coefficient (Wildman–Crippen LogP) is 4.91. The molecule has 1 aromatic rings. The fourth-order valence-electron chi connectivity index (χ4n) is 2.69. The number of hydrogen-bond acceptors (Lipinski definition) is 3. The lowest BCUT2D eigenvalue weighted by Gasteiger charge is -2.18. The molecule has 0 saturated heterocycles. The standard InChI is InChI=1S/C19H19Cl2NO3/c1-10-11(2)19(25)14(12(3)18(10)24)5-4-6-17(23)22-16-9-13(20)7-8-15(16)21/h7-9H,4-6H2,1-3H3,(H,22,23). The van der Waals surface area contributed by atoms with E-state index >= 15 is 0 Å². The molecular formula is C19H19Cl2NO3. The smallest absolute Gasteiger partial charge is 0.224 e. The highest BCUT2D eigenvalue weighted by molar-refractivity contribution is 6.35. The Labute approximate surface area is 156 Å². The van der Waals surface area contributed by atoms with Crippen LogP contribution in [0.4, 0.5) is 5.69 Å². The predicted molar refractivity (Wildman–Crippen MR) is 100 cm³/mol. The average molecular weight is 380 g/mol. The van der Waals surface area contributed by atoms with E-state index in [0.29, 0.717) is 50.9 Å². The van der Waals surface area contributed by atoms with Crippen molar-refractivity contribution in [2.45, 2.75) is 40.0 Å². The van der Waals surface area contributed by atoms with Crippen molar-refractivity contribution in [2.75, 3.05) is 5.32 Å². The molecule has 0 atom stereocenters. The molecule has 0 saturated carbocycles. The lowest BCUT2D eigenvalue weighted by molar-refractivity contribution is -0.117. The van der Waals surface area contributed by atoms with Crippen LogP contribution in [0.5, 0.6) is 0 Å². The van der Waals surface area contributed by atoms with E-state index in [2.05, 4.69) is 5.32 Å². The van der Waals surface area contributed by atoms with Gasteiger partial charge in [-0.3, -0.25) is 14.4 Å². The molecule has 1 amide bonds. The molecule has 0 bridgehead atoms. The quantitative estimate of drug-likeness (QED) is 0.739. The van der Waals surface area contributed by atoms with Crippen LogP contribution in [-0.4, -0.2) is 17.5 Å². The zero-order valence-corrected chi connectivity index (χ0v) is 15.8. The van der Waals surface area contributed by atoms with Gasteiger partial charge in [-0.15, -0.1) is 0 Å². The summed E-state index contributed by atoms with van der Waals surface area (Å²) < 4.78 is 0. The summed E-state index contributed by atoms with van der Waals surface area (Å²) in [4.78, 5) is 36.5. The van der Waals surface area contributed by atoms with Gasteiger partial charge in [0.1, 0.15) is 0 Å². The molecule has 0 heterocycles. The summed E-state index contributed by atoms with van der Waals surface area (Å²) in [6.45, 7) is 4.99. The van der Waals surface area contributed by atoms with Crippen molar-refractivity contribution in [3.63, 3.8) is 0 Å². The van der Waals surface area contributed by atoms with Crippen LogP contribution >= 0.6 is 23.2 Å². The molecule has 0 spiro atoms. The van der Waals surface area contributed by atoms with E-state index in [1.807, 2.05) is 0 Å². The summed E-state index contributed by atoms with van der Waals surface area (Å²) >= 11 is 11.9. The number of carbonyl (C=O) groups is 3. The molecule has 1 aliphatic carbocycles. The normalized spacial score (nSPS) is 15.1. The summed E-state index contributed by atoms with van der Waals surface area (Å²) in [6, 6.07) is 4.82. The number of ketones is 2. The number of amides is 1. The van der Waals surface area contributed by atoms with Gasteiger partial charge in [0.15, 0.2) is 11.6 Å². The minimum atomic E-state index is -0.222. The van der Waals surface area contributed by atoms with Crippen molar-refractivity contribution in [3.05, 3.63) is 50.5 Å². The molecule has 1 N–H and O–H groups in total. The Balaban J connectivity index is 1.96. The Bertz CT molecular complexity index is 822. The maximum absolute atomic E-state index is 12.3. The SMILES string of the molecule is CC1=C(C)C(=O)C(CCCC(=O)Nc2cc(Cl)ccc2Cl)=C(C)C1=O. The van der Waals surface area contributed by atoms with Crippen molar-refractivity contribution < 1.29 is 14.4 Å². The minimum absolute atomic E-state index is 0.0951. The first-order valence-electron chi connectivity index (χ1n) is 7.94. The van der Waals surface area contributed by atoms with Gasteiger partial charge in [0.2, 0.25) is 5.91 Å². The van der Waals surface area contributed by atoms with Crippen molar-refractivity contribution >= 4 is 46.4 Å². The molecule has 0 fully saturated rings. The molecule has 1 aliphatic rings. The highest BCUT2D eigenvalue weighted by Crippen LogP contribution is 2.28. The molecule has 0 aliphatic heterocycles. The van der Waals surface area contributed by atoms with E-state index in [1.54, 1.807) is 39.0 Å². The van der Waals surface area contributed by atoms with Gasteiger partial charge < -0.3 is 5.32 Å². The number of Topliss-reactive ketones (excluding diaryl/α,β-unsaturated/α-hetero) is 2. The number of benzene rings is 1. The lowest BCUT2D eigenvalue weighted by Crippen LogP contribution is -2.21. The van der Waals surface area contributed by atoms with E-state index in [9.17, 15) is 14.4 Å². The Morgan fingerprint density at radius 3 is 2.32 bits per heavy atom. The molecule has 1 aromatic carbocycles. The minimum Gasteiger partial charge on any atom is -0.325 e. The summed E-state index contributed by atoms with van der Waals surface area (Å²) in [5.41, 5.74) is 2.42. The highest BCUT2D eigenvalue weighted by atomic mass is 35.5. The number of nitrogens with one attached hydrogen (secondary N) is 1. The van der Waals surface area contributed by atoms with Gasteiger partial charge in [0, 0.05) is 33.7 Å². The molecule has 0 radical (unpaired) electrons. The fourth-order valence-corrected chi connectivity index (χ4v) is 3.03. The van der Waals surface area contributed by atoms with Gasteiger partial charge in [0.25, 0.3) is 0 Å². The molecular weight excluding hydrogens is 361 g/mol. The van der Waals surface area contributed by atoms with Gasteiger partial charge in [-0.25, -0.2) is 0 Å². The van der Waals surface area contributed by atoms with Crippen LogP contribution in [0.3, 0.4) is 0 Å². The molecule has 0 aromatic heterocycles. The van der Waals surface area contributed by atoms with Crippen LogP contribution in [0.1, 0.15) is 40.0 Å². The third-order valence-corrected chi connectivity index (χ3v) is 4.91. The zero-order valence-electron chi connectivity index (χ0n) is 14.3. The number of rotatable bonds is 5. The first-order chi connectivity index (χ1) is 11.7. The van der Waals surface area contributed by atoms with E-state index in [4.69, 9.17) is 23.2 Å². The first kappa shape index (κ1) is 19.4. The monoisotopic (exact) mass is 379 g/mol. The summed E-state index contributed by atoms with van der Waals surface area (Å²) in [5.74, 6) is -0.421. The summed E-state index contributed by atoms with van der Waals surface area (Å²) in [6.07, 6.45) is 1.06. The van der Waals surface area contributed by atoms with Crippen LogP contribution < -0.4 is 5.32 Å². The van der Waals surface area contributed by atoms with E-state index < -0.39 is 0 Å². The van der Waals surface area contributed by atoms with Crippen LogP contribution in [0, 0.1) is 0 Å². The summed E-state index contributed by atoms with van der Waals surface area (Å²) in [5, 5.41) is 3.58. The van der Waals surface area contributed by atoms with Crippen molar-refractivity contribution in [3.8, 4) is 0 Å². The van der Waals surface area contributed by atoms with E-state index in [-0.39, 0.29) is 23.9 Å². The second-order valence-corrected chi connectivity index (χ2v) is 6.88. The number of carbonyl (C=O) groups excluding carboxylic acids is 3. The molecule has 4 nitrogen and oxygen atoms in total.